The Bertz CT molecular complexity index is 345. The van der Waals surface area contributed by atoms with Crippen LogP contribution in [0.1, 0.15) is 31.2 Å². The predicted molar refractivity (Wildman–Crippen MR) is 72.9 cm³/mol. The van der Waals surface area contributed by atoms with Crippen LogP contribution in [-0.2, 0) is 6.42 Å². The van der Waals surface area contributed by atoms with Gasteiger partial charge in [-0.05, 0) is 29.9 Å². The number of hydrogen-bond acceptors (Lipinski definition) is 1. The number of ether oxygens (including phenoxy) is 1. The van der Waals surface area contributed by atoms with E-state index in [1.54, 1.807) is 7.11 Å². The summed E-state index contributed by atoms with van der Waals surface area (Å²) in [5.74, 6) is 3.19. The van der Waals surface area contributed by atoms with Crippen LogP contribution in [0.5, 0.6) is 5.75 Å². The molecule has 0 bridgehead atoms. The van der Waals surface area contributed by atoms with Gasteiger partial charge >= 0.3 is 0 Å². The summed E-state index contributed by atoms with van der Waals surface area (Å²) in [7, 11) is 1.74. The molecule has 0 aromatic heterocycles. The van der Waals surface area contributed by atoms with Crippen LogP contribution in [0.3, 0.4) is 0 Å². The van der Waals surface area contributed by atoms with Gasteiger partial charge in [0.2, 0.25) is 0 Å². The maximum absolute atomic E-state index is 6.15. The molecule has 2 rings (SSSR count). The molecule has 1 atom stereocenters. The highest BCUT2D eigenvalue weighted by atomic mass is 35.5. The van der Waals surface area contributed by atoms with Gasteiger partial charge in [0.05, 0.1) is 7.11 Å². The van der Waals surface area contributed by atoms with Crippen molar-refractivity contribution >= 4 is 11.6 Å². The minimum atomic E-state index is 0.607. The van der Waals surface area contributed by atoms with Crippen molar-refractivity contribution in [3.8, 4) is 5.75 Å². The molecule has 0 spiro atoms. The van der Waals surface area contributed by atoms with Crippen molar-refractivity contribution in [3.63, 3.8) is 0 Å². The molecule has 0 heterocycles. The summed E-state index contributed by atoms with van der Waals surface area (Å²) in [6.07, 6.45) is 6.52. The molecule has 2 heteroatoms. The summed E-state index contributed by atoms with van der Waals surface area (Å²) in [5.41, 5.74) is 1.30. The molecule has 1 aliphatic rings. The number of halogens is 1. The monoisotopic (exact) mass is 252 g/mol. The van der Waals surface area contributed by atoms with E-state index >= 15 is 0 Å². The summed E-state index contributed by atoms with van der Waals surface area (Å²) < 4.78 is 5.41. The number of rotatable bonds is 5. The lowest BCUT2D eigenvalue weighted by Crippen LogP contribution is -2.16. The van der Waals surface area contributed by atoms with Gasteiger partial charge in [-0.3, -0.25) is 0 Å². The van der Waals surface area contributed by atoms with Crippen molar-refractivity contribution in [2.75, 3.05) is 13.0 Å². The molecule has 1 unspecified atom stereocenters. The second kappa shape index (κ2) is 6.30. The normalized spacial score (nSPS) is 18.2. The largest absolute Gasteiger partial charge is 0.496 e. The van der Waals surface area contributed by atoms with Crippen molar-refractivity contribution in [1.82, 2.24) is 0 Å². The highest BCUT2D eigenvalue weighted by Crippen LogP contribution is 2.35. The van der Waals surface area contributed by atoms with Crippen LogP contribution in [-0.4, -0.2) is 13.0 Å². The molecule has 0 amide bonds. The molecule has 0 radical (unpaired) electrons. The lowest BCUT2D eigenvalue weighted by molar-refractivity contribution is 0.358. The highest BCUT2D eigenvalue weighted by Gasteiger charge is 2.25. The number of hydrogen-bond donors (Lipinski definition) is 0. The van der Waals surface area contributed by atoms with Crippen LogP contribution in [0.25, 0.3) is 0 Å². The molecule has 0 N–H and O–H groups in total. The van der Waals surface area contributed by atoms with E-state index in [9.17, 15) is 0 Å². The molecule has 17 heavy (non-hydrogen) atoms. The zero-order valence-corrected chi connectivity index (χ0v) is 11.2. The van der Waals surface area contributed by atoms with E-state index in [1.807, 2.05) is 12.1 Å². The Morgan fingerprint density at radius 1 is 1.29 bits per heavy atom. The van der Waals surface area contributed by atoms with Gasteiger partial charge in [-0.2, -0.15) is 0 Å². The molecule has 0 aliphatic heterocycles. The smallest absolute Gasteiger partial charge is 0.122 e. The van der Waals surface area contributed by atoms with Crippen LogP contribution < -0.4 is 4.74 Å². The summed E-state index contributed by atoms with van der Waals surface area (Å²) in [4.78, 5) is 0. The lowest BCUT2D eigenvalue weighted by atomic mass is 9.87. The number of alkyl halides is 1. The van der Waals surface area contributed by atoms with Crippen LogP contribution >= 0.6 is 11.6 Å². The third-order valence-electron chi connectivity index (χ3n) is 3.94. The standard InChI is InChI=1S/C15H21ClO/c1-17-15-9-5-4-8-13(15)10-14(11-16)12-6-2-3-7-12/h4-5,8-9,12,14H,2-3,6-7,10-11H2,1H3. The molecule has 1 saturated carbocycles. The van der Waals surface area contributed by atoms with Crippen LogP contribution in [0, 0.1) is 11.8 Å². The fourth-order valence-corrected chi connectivity index (χ4v) is 3.29. The van der Waals surface area contributed by atoms with Crippen molar-refractivity contribution in [2.24, 2.45) is 11.8 Å². The second-order valence-electron chi connectivity index (χ2n) is 4.97. The van der Waals surface area contributed by atoms with Crippen LogP contribution in [0.2, 0.25) is 0 Å². The van der Waals surface area contributed by atoms with Crippen molar-refractivity contribution in [3.05, 3.63) is 29.8 Å². The van der Waals surface area contributed by atoms with Gasteiger partial charge in [-0.25, -0.2) is 0 Å². The molecule has 1 fully saturated rings. The summed E-state index contributed by atoms with van der Waals surface area (Å²) in [6.45, 7) is 0. The molecule has 1 aromatic rings. The third-order valence-corrected chi connectivity index (χ3v) is 4.34. The number of para-hydroxylation sites is 1. The van der Waals surface area contributed by atoms with Gasteiger partial charge in [0.15, 0.2) is 0 Å². The van der Waals surface area contributed by atoms with Crippen LogP contribution in [0.15, 0.2) is 24.3 Å². The minimum absolute atomic E-state index is 0.607. The molecular weight excluding hydrogens is 232 g/mol. The Morgan fingerprint density at radius 2 is 2.00 bits per heavy atom. The minimum Gasteiger partial charge on any atom is -0.496 e. The average Bonchev–Trinajstić information content (AvgIpc) is 2.90. The fraction of sp³-hybridized carbons (Fsp3) is 0.600. The van der Waals surface area contributed by atoms with E-state index in [-0.39, 0.29) is 0 Å². The number of benzene rings is 1. The molecule has 1 aromatic carbocycles. The maximum atomic E-state index is 6.15. The highest BCUT2D eigenvalue weighted by molar-refractivity contribution is 6.18. The Labute approximate surface area is 109 Å². The Hall–Kier alpha value is -0.690. The van der Waals surface area contributed by atoms with E-state index < -0.39 is 0 Å². The van der Waals surface area contributed by atoms with Gasteiger partial charge in [-0.1, -0.05) is 43.9 Å². The first-order chi connectivity index (χ1) is 8.35. The average molecular weight is 253 g/mol. The van der Waals surface area contributed by atoms with E-state index in [1.165, 1.54) is 31.2 Å². The maximum Gasteiger partial charge on any atom is 0.122 e. The summed E-state index contributed by atoms with van der Waals surface area (Å²) in [6, 6.07) is 8.30. The van der Waals surface area contributed by atoms with Gasteiger partial charge in [0.1, 0.15) is 5.75 Å². The van der Waals surface area contributed by atoms with E-state index in [4.69, 9.17) is 16.3 Å². The van der Waals surface area contributed by atoms with Gasteiger partial charge in [0.25, 0.3) is 0 Å². The van der Waals surface area contributed by atoms with Gasteiger partial charge in [-0.15, -0.1) is 11.6 Å². The van der Waals surface area contributed by atoms with E-state index in [2.05, 4.69) is 12.1 Å². The first-order valence-corrected chi connectivity index (χ1v) is 7.06. The zero-order valence-electron chi connectivity index (χ0n) is 10.5. The van der Waals surface area contributed by atoms with Crippen molar-refractivity contribution in [2.45, 2.75) is 32.1 Å². The number of methoxy groups -OCH3 is 1. The zero-order chi connectivity index (χ0) is 12.1. The molecule has 1 nitrogen and oxygen atoms in total. The quantitative estimate of drug-likeness (QED) is 0.711. The first-order valence-electron chi connectivity index (χ1n) is 6.53. The van der Waals surface area contributed by atoms with Crippen LogP contribution in [0.4, 0.5) is 0 Å². The molecule has 0 saturated heterocycles. The fourth-order valence-electron chi connectivity index (χ4n) is 2.93. The Kier molecular flexibility index (Phi) is 4.73. The first kappa shape index (κ1) is 12.8. The van der Waals surface area contributed by atoms with E-state index in [0.29, 0.717) is 5.92 Å². The lowest BCUT2D eigenvalue weighted by Gasteiger charge is -2.22. The van der Waals surface area contributed by atoms with Crippen molar-refractivity contribution in [1.29, 1.82) is 0 Å². The third kappa shape index (κ3) is 3.16. The van der Waals surface area contributed by atoms with E-state index in [0.717, 1.165) is 24.0 Å². The molecule has 1 aliphatic carbocycles. The SMILES string of the molecule is COc1ccccc1CC(CCl)C1CCCC1. The predicted octanol–water partition coefficient (Wildman–Crippen LogP) is 4.28. The Morgan fingerprint density at radius 3 is 2.65 bits per heavy atom. The summed E-state index contributed by atoms with van der Waals surface area (Å²) in [5, 5.41) is 0. The van der Waals surface area contributed by atoms with Crippen molar-refractivity contribution < 1.29 is 4.74 Å². The topological polar surface area (TPSA) is 9.23 Å². The van der Waals surface area contributed by atoms with Gasteiger partial charge < -0.3 is 4.74 Å². The molecule has 94 valence electrons. The van der Waals surface area contributed by atoms with Gasteiger partial charge in [0, 0.05) is 5.88 Å². The molecular formula is C15H21ClO. The Balaban J connectivity index is 2.06. The second-order valence-corrected chi connectivity index (χ2v) is 5.28. The summed E-state index contributed by atoms with van der Waals surface area (Å²) >= 11 is 6.15.